The quantitative estimate of drug-likeness (QED) is 0.843. The van der Waals surface area contributed by atoms with E-state index in [4.69, 9.17) is 4.42 Å². The fourth-order valence-electron chi connectivity index (χ4n) is 2.41. The Morgan fingerprint density at radius 1 is 1.44 bits per heavy atom. The molecule has 2 atom stereocenters. The van der Waals surface area contributed by atoms with Gasteiger partial charge in [-0.1, -0.05) is 6.92 Å². The highest BCUT2D eigenvalue weighted by atomic mass is 16.3. The number of nitrogens with one attached hydrogen (secondary N) is 1. The minimum atomic E-state index is 0.779. The maximum atomic E-state index is 5.59. The average molecular weight is 222 g/mol. The highest BCUT2D eigenvalue weighted by molar-refractivity contribution is 5.05. The molecule has 0 amide bonds. The van der Waals surface area contributed by atoms with Crippen LogP contribution in [0.4, 0.5) is 0 Å². The molecule has 0 aromatic carbocycles. The zero-order valence-corrected chi connectivity index (χ0v) is 10.5. The summed E-state index contributed by atoms with van der Waals surface area (Å²) >= 11 is 0. The monoisotopic (exact) mass is 222 g/mol. The van der Waals surface area contributed by atoms with Crippen molar-refractivity contribution in [3.8, 4) is 0 Å². The molecule has 3 heteroatoms. The standard InChI is InChI=1S/C13H22N2O/c1-10-6-14-7-12(10)8-15(3)9-13-5-4-11(2)16-13/h4-5,10,12,14H,6-9H2,1-3H3. The molecular formula is C13H22N2O. The fraction of sp³-hybridized carbons (Fsp3) is 0.692. The summed E-state index contributed by atoms with van der Waals surface area (Å²) in [5.41, 5.74) is 0. The van der Waals surface area contributed by atoms with E-state index in [0.29, 0.717) is 0 Å². The zero-order valence-electron chi connectivity index (χ0n) is 10.5. The molecule has 3 nitrogen and oxygen atoms in total. The van der Waals surface area contributed by atoms with Crippen molar-refractivity contribution in [3.05, 3.63) is 23.7 Å². The van der Waals surface area contributed by atoms with Crippen LogP contribution >= 0.6 is 0 Å². The Morgan fingerprint density at radius 3 is 2.81 bits per heavy atom. The summed E-state index contributed by atoms with van der Waals surface area (Å²) in [7, 11) is 2.17. The third kappa shape index (κ3) is 2.86. The van der Waals surface area contributed by atoms with Crippen molar-refractivity contribution in [2.75, 3.05) is 26.7 Å². The van der Waals surface area contributed by atoms with Crippen molar-refractivity contribution in [2.45, 2.75) is 20.4 Å². The molecule has 1 aliphatic rings. The highest BCUT2D eigenvalue weighted by Crippen LogP contribution is 2.18. The molecular weight excluding hydrogens is 200 g/mol. The molecule has 1 aromatic rings. The molecule has 1 N–H and O–H groups in total. The largest absolute Gasteiger partial charge is 0.465 e. The molecule has 0 aliphatic carbocycles. The number of rotatable bonds is 4. The number of aryl methyl sites for hydroxylation is 1. The van der Waals surface area contributed by atoms with Gasteiger partial charge in [-0.2, -0.15) is 0 Å². The second-order valence-electron chi connectivity index (χ2n) is 5.10. The SMILES string of the molecule is Cc1ccc(CN(C)CC2CNCC2C)o1. The van der Waals surface area contributed by atoms with Crippen LogP contribution in [0.1, 0.15) is 18.4 Å². The second kappa shape index (κ2) is 5.02. The number of hydrogen-bond donors (Lipinski definition) is 1. The second-order valence-corrected chi connectivity index (χ2v) is 5.10. The Hall–Kier alpha value is -0.800. The van der Waals surface area contributed by atoms with E-state index in [1.54, 1.807) is 0 Å². The van der Waals surface area contributed by atoms with Crippen LogP contribution in [0, 0.1) is 18.8 Å². The molecule has 0 saturated carbocycles. The van der Waals surface area contributed by atoms with Gasteiger partial charge in [-0.25, -0.2) is 0 Å². The lowest BCUT2D eigenvalue weighted by molar-refractivity contribution is 0.235. The first-order valence-corrected chi connectivity index (χ1v) is 6.09. The lowest BCUT2D eigenvalue weighted by Crippen LogP contribution is -2.28. The van der Waals surface area contributed by atoms with Crippen LogP contribution in [0.15, 0.2) is 16.5 Å². The first kappa shape index (κ1) is 11.7. The first-order chi connectivity index (χ1) is 7.65. The van der Waals surface area contributed by atoms with Gasteiger partial charge in [-0.05, 0) is 51.0 Å². The molecule has 2 rings (SSSR count). The third-order valence-corrected chi connectivity index (χ3v) is 3.45. The molecule has 0 radical (unpaired) electrons. The lowest BCUT2D eigenvalue weighted by atomic mass is 9.98. The van der Waals surface area contributed by atoms with Crippen molar-refractivity contribution in [3.63, 3.8) is 0 Å². The molecule has 2 unspecified atom stereocenters. The third-order valence-electron chi connectivity index (χ3n) is 3.45. The molecule has 2 heterocycles. The van der Waals surface area contributed by atoms with Crippen LogP contribution in [-0.2, 0) is 6.54 Å². The van der Waals surface area contributed by atoms with E-state index in [2.05, 4.69) is 30.3 Å². The van der Waals surface area contributed by atoms with E-state index in [1.165, 1.54) is 6.54 Å². The van der Waals surface area contributed by atoms with Crippen LogP contribution in [-0.4, -0.2) is 31.6 Å². The van der Waals surface area contributed by atoms with Gasteiger partial charge in [-0.3, -0.25) is 4.90 Å². The molecule has 1 aliphatic heterocycles. The van der Waals surface area contributed by atoms with Crippen LogP contribution in [0.3, 0.4) is 0 Å². The van der Waals surface area contributed by atoms with E-state index >= 15 is 0 Å². The fourth-order valence-corrected chi connectivity index (χ4v) is 2.41. The maximum absolute atomic E-state index is 5.59. The molecule has 90 valence electrons. The van der Waals surface area contributed by atoms with E-state index in [-0.39, 0.29) is 0 Å². The summed E-state index contributed by atoms with van der Waals surface area (Å²) in [6, 6.07) is 4.10. The Balaban J connectivity index is 1.82. The Labute approximate surface area is 97.8 Å². The van der Waals surface area contributed by atoms with Crippen molar-refractivity contribution in [1.29, 1.82) is 0 Å². The Bertz CT molecular complexity index is 334. The van der Waals surface area contributed by atoms with Gasteiger partial charge in [-0.15, -0.1) is 0 Å². The van der Waals surface area contributed by atoms with Crippen molar-refractivity contribution >= 4 is 0 Å². The number of furan rings is 1. The molecule has 1 fully saturated rings. The molecule has 0 spiro atoms. The summed E-state index contributed by atoms with van der Waals surface area (Å²) in [5, 5.41) is 3.45. The minimum Gasteiger partial charge on any atom is -0.465 e. The van der Waals surface area contributed by atoms with E-state index in [1.807, 2.05) is 13.0 Å². The van der Waals surface area contributed by atoms with Crippen LogP contribution in [0.25, 0.3) is 0 Å². The molecule has 1 saturated heterocycles. The van der Waals surface area contributed by atoms with Gasteiger partial charge in [0.05, 0.1) is 6.54 Å². The summed E-state index contributed by atoms with van der Waals surface area (Å²) in [4.78, 5) is 2.35. The lowest BCUT2D eigenvalue weighted by Gasteiger charge is -2.22. The number of hydrogen-bond acceptors (Lipinski definition) is 3. The summed E-state index contributed by atoms with van der Waals surface area (Å²) in [6.45, 7) is 8.70. The van der Waals surface area contributed by atoms with Crippen molar-refractivity contribution in [1.82, 2.24) is 10.2 Å². The molecule has 1 aromatic heterocycles. The van der Waals surface area contributed by atoms with Gasteiger partial charge in [0.2, 0.25) is 0 Å². The van der Waals surface area contributed by atoms with Gasteiger partial charge in [0.15, 0.2) is 0 Å². The highest BCUT2D eigenvalue weighted by Gasteiger charge is 2.24. The van der Waals surface area contributed by atoms with Crippen LogP contribution < -0.4 is 5.32 Å². The average Bonchev–Trinajstić information content (AvgIpc) is 2.77. The molecule has 0 bridgehead atoms. The smallest absolute Gasteiger partial charge is 0.118 e. The normalized spacial score (nSPS) is 25.5. The van der Waals surface area contributed by atoms with Crippen LogP contribution in [0.2, 0.25) is 0 Å². The van der Waals surface area contributed by atoms with Crippen molar-refractivity contribution < 1.29 is 4.42 Å². The maximum Gasteiger partial charge on any atom is 0.118 e. The predicted octanol–water partition coefficient (Wildman–Crippen LogP) is 1.88. The minimum absolute atomic E-state index is 0.779. The zero-order chi connectivity index (χ0) is 11.5. The summed E-state index contributed by atoms with van der Waals surface area (Å²) in [6.07, 6.45) is 0. The topological polar surface area (TPSA) is 28.4 Å². The van der Waals surface area contributed by atoms with Crippen molar-refractivity contribution in [2.24, 2.45) is 11.8 Å². The van der Waals surface area contributed by atoms with Gasteiger partial charge in [0.1, 0.15) is 11.5 Å². The Morgan fingerprint density at radius 2 is 2.25 bits per heavy atom. The van der Waals surface area contributed by atoms with Crippen LogP contribution in [0.5, 0.6) is 0 Å². The van der Waals surface area contributed by atoms with E-state index < -0.39 is 0 Å². The van der Waals surface area contributed by atoms with Gasteiger partial charge in [0, 0.05) is 6.54 Å². The molecule has 16 heavy (non-hydrogen) atoms. The summed E-state index contributed by atoms with van der Waals surface area (Å²) < 4.78 is 5.59. The first-order valence-electron chi connectivity index (χ1n) is 6.09. The van der Waals surface area contributed by atoms with E-state index in [0.717, 1.165) is 43.0 Å². The summed E-state index contributed by atoms with van der Waals surface area (Å²) in [5.74, 6) is 3.64. The Kier molecular flexibility index (Phi) is 3.66. The number of nitrogens with zero attached hydrogens (tertiary/aromatic N) is 1. The predicted molar refractivity (Wildman–Crippen MR) is 65.3 cm³/mol. The van der Waals surface area contributed by atoms with E-state index in [9.17, 15) is 0 Å². The van der Waals surface area contributed by atoms with Gasteiger partial charge >= 0.3 is 0 Å². The van der Waals surface area contributed by atoms with Gasteiger partial charge < -0.3 is 9.73 Å². The van der Waals surface area contributed by atoms with Gasteiger partial charge in [0.25, 0.3) is 0 Å².